The molecule has 150 valence electrons. The highest BCUT2D eigenvalue weighted by atomic mass is 31.2. The van der Waals surface area contributed by atoms with Crippen LogP contribution in [-0.4, -0.2) is 42.8 Å². The molecule has 0 N–H and O–H groups in total. The summed E-state index contributed by atoms with van der Waals surface area (Å²) in [6.45, 7) is 4.10. The molecule has 6 nitrogen and oxygen atoms in total. The maximum atomic E-state index is 13.4. The fraction of sp³-hybridized carbons (Fsp3) is 0.650. The van der Waals surface area contributed by atoms with Gasteiger partial charge in [-0.2, -0.15) is 0 Å². The molecule has 27 heavy (non-hydrogen) atoms. The monoisotopic (exact) mass is 395 g/mol. The Balaban J connectivity index is 1.89. The van der Waals surface area contributed by atoms with Crippen LogP contribution in [0.1, 0.15) is 57.6 Å². The molecule has 0 radical (unpaired) electrons. The first-order valence-corrected chi connectivity index (χ1v) is 11.5. The zero-order chi connectivity index (χ0) is 19.4. The van der Waals surface area contributed by atoms with Crippen molar-refractivity contribution in [3.63, 3.8) is 0 Å². The van der Waals surface area contributed by atoms with Gasteiger partial charge in [0.2, 0.25) is 5.91 Å². The second-order valence-corrected chi connectivity index (χ2v) is 9.31. The van der Waals surface area contributed by atoms with Gasteiger partial charge in [0, 0.05) is 6.04 Å². The van der Waals surface area contributed by atoms with Crippen molar-refractivity contribution in [2.45, 2.75) is 63.7 Å². The minimum atomic E-state index is -3.46. The Kier molecular flexibility index (Phi) is 6.61. The van der Waals surface area contributed by atoms with E-state index in [2.05, 4.69) is 0 Å². The summed E-state index contributed by atoms with van der Waals surface area (Å²) in [5, 5.41) is 0. The molecular weight excluding hydrogens is 365 g/mol. The summed E-state index contributed by atoms with van der Waals surface area (Å²) < 4.78 is 29.5. The highest BCUT2D eigenvalue weighted by molar-refractivity contribution is 7.55. The molecule has 3 atom stereocenters. The van der Waals surface area contributed by atoms with Crippen LogP contribution in [0.25, 0.3) is 0 Å². The van der Waals surface area contributed by atoms with E-state index in [0.29, 0.717) is 6.42 Å². The number of methoxy groups -OCH3 is 1. The minimum absolute atomic E-state index is 0.00154. The Morgan fingerprint density at radius 1 is 1.04 bits per heavy atom. The van der Waals surface area contributed by atoms with Crippen LogP contribution in [0.3, 0.4) is 0 Å². The number of rotatable bonds is 7. The maximum absolute atomic E-state index is 13.4. The normalized spacial score (nSPS) is 26.0. The second-order valence-electron chi connectivity index (χ2n) is 7.09. The quantitative estimate of drug-likeness (QED) is 0.634. The standard InChI is InChI=1S/C20H30NO5P/c1-4-25-27(23,26-5-2)19-14-11-16-7-6-8-18(21(16)20(19)22)15-9-12-17(24-3)13-10-15/h9-10,12-13,16,18-19H,4-8,11,14H2,1-3H3/t16-,18+,19?/m1/s1. The van der Waals surface area contributed by atoms with Crippen LogP contribution in [0.15, 0.2) is 24.3 Å². The molecule has 0 aliphatic carbocycles. The fourth-order valence-electron chi connectivity index (χ4n) is 4.37. The molecule has 0 bridgehead atoms. The van der Waals surface area contributed by atoms with E-state index in [1.807, 2.05) is 29.2 Å². The van der Waals surface area contributed by atoms with Gasteiger partial charge in [-0.3, -0.25) is 9.36 Å². The molecule has 3 rings (SSSR count). The van der Waals surface area contributed by atoms with Gasteiger partial charge in [0.15, 0.2) is 0 Å². The highest BCUT2D eigenvalue weighted by Crippen LogP contribution is 2.57. The van der Waals surface area contributed by atoms with Gasteiger partial charge in [0.25, 0.3) is 0 Å². The van der Waals surface area contributed by atoms with Crippen LogP contribution in [0.5, 0.6) is 5.75 Å². The summed E-state index contributed by atoms with van der Waals surface area (Å²) >= 11 is 0. The zero-order valence-electron chi connectivity index (χ0n) is 16.4. The zero-order valence-corrected chi connectivity index (χ0v) is 17.3. The third-order valence-corrected chi connectivity index (χ3v) is 8.04. The van der Waals surface area contributed by atoms with Crippen LogP contribution >= 0.6 is 7.60 Å². The smallest absolute Gasteiger partial charge is 0.343 e. The van der Waals surface area contributed by atoms with E-state index in [1.54, 1.807) is 21.0 Å². The molecule has 0 aromatic heterocycles. The van der Waals surface area contributed by atoms with E-state index in [0.717, 1.165) is 37.0 Å². The third-order valence-electron chi connectivity index (χ3n) is 5.56. The maximum Gasteiger partial charge on any atom is 0.343 e. The number of amides is 1. The molecule has 2 heterocycles. The van der Waals surface area contributed by atoms with Crippen molar-refractivity contribution < 1.29 is 23.1 Å². The summed E-state index contributed by atoms with van der Waals surface area (Å²) in [4.78, 5) is 15.4. The summed E-state index contributed by atoms with van der Waals surface area (Å²) in [5.74, 6) is 0.711. The number of hydrogen-bond donors (Lipinski definition) is 0. The number of ether oxygens (including phenoxy) is 1. The van der Waals surface area contributed by atoms with Gasteiger partial charge in [-0.25, -0.2) is 0 Å². The third kappa shape index (κ3) is 4.08. The first-order valence-electron chi connectivity index (χ1n) is 9.89. The summed E-state index contributed by atoms with van der Waals surface area (Å²) in [7, 11) is -1.81. The number of carbonyl (C=O) groups excluding carboxylic acids is 1. The van der Waals surface area contributed by atoms with Crippen LogP contribution in [0.2, 0.25) is 0 Å². The second kappa shape index (κ2) is 8.76. The first kappa shape index (κ1) is 20.4. The molecule has 2 saturated heterocycles. The topological polar surface area (TPSA) is 65.1 Å². The van der Waals surface area contributed by atoms with Crippen molar-refractivity contribution in [3.8, 4) is 5.75 Å². The van der Waals surface area contributed by atoms with E-state index < -0.39 is 13.3 Å². The van der Waals surface area contributed by atoms with Crippen molar-refractivity contribution >= 4 is 13.5 Å². The molecule has 0 spiro atoms. The van der Waals surface area contributed by atoms with Crippen LogP contribution in [0, 0.1) is 0 Å². The number of piperidine rings is 2. The molecule has 2 fully saturated rings. The summed E-state index contributed by atoms with van der Waals surface area (Å²) in [5.41, 5.74) is 0.393. The average molecular weight is 395 g/mol. The molecule has 1 amide bonds. The van der Waals surface area contributed by atoms with Crippen molar-refractivity contribution in [2.75, 3.05) is 20.3 Å². The molecule has 0 saturated carbocycles. The van der Waals surface area contributed by atoms with E-state index in [1.165, 1.54) is 0 Å². The van der Waals surface area contributed by atoms with Gasteiger partial charge in [-0.05, 0) is 63.6 Å². The van der Waals surface area contributed by atoms with E-state index >= 15 is 0 Å². The van der Waals surface area contributed by atoms with Gasteiger partial charge in [-0.15, -0.1) is 0 Å². The van der Waals surface area contributed by atoms with Crippen molar-refractivity contribution in [2.24, 2.45) is 0 Å². The number of hydrogen-bond acceptors (Lipinski definition) is 5. The van der Waals surface area contributed by atoms with Gasteiger partial charge >= 0.3 is 7.60 Å². The lowest BCUT2D eigenvalue weighted by Crippen LogP contribution is -2.53. The lowest BCUT2D eigenvalue weighted by atomic mass is 9.85. The predicted molar refractivity (Wildman–Crippen MR) is 104 cm³/mol. The lowest BCUT2D eigenvalue weighted by Gasteiger charge is -2.48. The molecule has 1 aromatic carbocycles. The highest BCUT2D eigenvalue weighted by Gasteiger charge is 2.50. The van der Waals surface area contributed by atoms with Crippen LogP contribution in [-0.2, 0) is 18.4 Å². The molecule has 1 unspecified atom stereocenters. The number of nitrogens with zero attached hydrogens (tertiary/aromatic N) is 1. The van der Waals surface area contributed by atoms with E-state index in [-0.39, 0.29) is 31.2 Å². The van der Waals surface area contributed by atoms with Crippen LogP contribution in [0.4, 0.5) is 0 Å². The minimum Gasteiger partial charge on any atom is -0.497 e. The Morgan fingerprint density at radius 2 is 1.70 bits per heavy atom. The molecule has 2 aliphatic rings. The molecule has 2 aliphatic heterocycles. The van der Waals surface area contributed by atoms with Gasteiger partial charge in [-0.1, -0.05) is 12.1 Å². The van der Waals surface area contributed by atoms with Crippen molar-refractivity contribution in [1.29, 1.82) is 0 Å². The molecular formula is C20H30NO5P. The lowest BCUT2D eigenvalue weighted by molar-refractivity contribution is -0.142. The predicted octanol–water partition coefficient (Wildman–Crippen LogP) is 4.55. The molecule has 1 aromatic rings. The van der Waals surface area contributed by atoms with Gasteiger partial charge < -0.3 is 18.7 Å². The van der Waals surface area contributed by atoms with Crippen LogP contribution < -0.4 is 4.74 Å². The SMILES string of the molecule is CCOP(=O)(OCC)C1CC[C@H]2CCC[C@@H](c3ccc(OC)cc3)N2C1=O. The van der Waals surface area contributed by atoms with E-state index in [9.17, 15) is 9.36 Å². The van der Waals surface area contributed by atoms with Gasteiger partial charge in [0.1, 0.15) is 11.4 Å². The summed E-state index contributed by atoms with van der Waals surface area (Å²) in [6, 6.07) is 8.10. The Morgan fingerprint density at radius 3 is 2.30 bits per heavy atom. The summed E-state index contributed by atoms with van der Waals surface area (Å²) in [6.07, 6.45) is 4.40. The number of carbonyl (C=O) groups is 1. The largest absolute Gasteiger partial charge is 0.497 e. The number of benzene rings is 1. The molecule has 7 heteroatoms. The number of fused-ring (bicyclic) bond motifs is 1. The Labute approximate surface area is 161 Å². The fourth-order valence-corrected chi connectivity index (χ4v) is 6.39. The van der Waals surface area contributed by atoms with Crippen molar-refractivity contribution in [1.82, 2.24) is 4.90 Å². The average Bonchev–Trinajstić information content (AvgIpc) is 2.68. The van der Waals surface area contributed by atoms with E-state index in [4.69, 9.17) is 13.8 Å². The Bertz CT molecular complexity index is 682. The first-order chi connectivity index (χ1) is 13.0. The van der Waals surface area contributed by atoms with Gasteiger partial charge in [0.05, 0.1) is 26.4 Å². The Hall–Kier alpha value is -1.36. The van der Waals surface area contributed by atoms with Crippen molar-refractivity contribution in [3.05, 3.63) is 29.8 Å².